The molecule has 2 atom stereocenters. The maximum absolute atomic E-state index is 12.5. The molecule has 0 radical (unpaired) electrons. The van der Waals surface area contributed by atoms with Crippen molar-refractivity contribution in [3.05, 3.63) is 29.8 Å². The van der Waals surface area contributed by atoms with E-state index in [1.165, 1.54) is 12.1 Å². The van der Waals surface area contributed by atoms with E-state index in [0.717, 1.165) is 0 Å². The number of sulfonamides is 1. The number of benzene rings is 1. The summed E-state index contributed by atoms with van der Waals surface area (Å²) in [6.07, 6.45) is -0.239. The van der Waals surface area contributed by atoms with Crippen molar-refractivity contribution in [1.29, 1.82) is 0 Å². The van der Waals surface area contributed by atoms with Crippen molar-refractivity contribution in [3.8, 4) is 0 Å². The third-order valence-corrected chi connectivity index (χ3v) is 5.75. The highest BCUT2D eigenvalue weighted by atomic mass is 32.2. The number of rotatable bonds is 2. The zero-order chi connectivity index (χ0) is 16.8. The molecular weight excluding hydrogens is 320 g/mol. The number of carbonyl (C=O) groups excluding carboxylic acids is 2. The third-order valence-electron chi connectivity index (χ3n) is 3.96. The van der Waals surface area contributed by atoms with Crippen LogP contribution in [0.2, 0.25) is 0 Å². The van der Waals surface area contributed by atoms with E-state index in [2.05, 4.69) is 0 Å². The summed E-state index contributed by atoms with van der Waals surface area (Å²) in [6.45, 7) is 4.00. The highest BCUT2D eigenvalue weighted by Crippen LogP contribution is 2.29. The molecule has 1 fully saturated rings. The molecule has 0 spiro atoms. The van der Waals surface area contributed by atoms with E-state index in [4.69, 9.17) is 4.74 Å². The molecule has 1 aromatic rings. The monoisotopic (exact) mass is 338 g/mol. The minimum Gasteiger partial charge on any atom is -0.372 e. The number of hydrogen-bond acceptors (Lipinski definition) is 5. The Kier molecular flexibility index (Phi) is 3.89. The van der Waals surface area contributed by atoms with Gasteiger partial charge in [-0.05, 0) is 26.0 Å². The molecule has 0 unspecified atom stereocenters. The second-order valence-corrected chi connectivity index (χ2v) is 7.70. The van der Waals surface area contributed by atoms with Gasteiger partial charge in [-0.2, -0.15) is 0 Å². The lowest BCUT2D eigenvalue weighted by Gasteiger charge is -2.35. The summed E-state index contributed by atoms with van der Waals surface area (Å²) in [7, 11) is -3.95. The molecule has 0 aromatic heterocycles. The summed E-state index contributed by atoms with van der Waals surface area (Å²) in [5.74, 6) is -1.04. The predicted molar refractivity (Wildman–Crippen MR) is 81.3 cm³/mol. The van der Waals surface area contributed by atoms with Crippen LogP contribution >= 0.6 is 0 Å². The van der Waals surface area contributed by atoms with E-state index in [1.807, 2.05) is 13.8 Å². The van der Waals surface area contributed by atoms with E-state index in [9.17, 15) is 18.0 Å². The van der Waals surface area contributed by atoms with E-state index >= 15 is 0 Å². The van der Waals surface area contributed by atoms with Crippen molar-refractivity contribution in [2.45, 2.75) is 31.0 Å². The number of nitrogens with zero attached hydrogens (tertiary/aromatic N) is 2. The van der Waals surface area contributed by atoms with E-state index in [0.29, 0.717) is 17.4 Å². The average molecular weight is 338 g/mol. The van der Waals surface area contributed by atoms with Gasteiger partial charge < -0.3 is 9.64 Å². The quantitative estimate of drug-likeness (QED) is 0.782. The maximum atomic E-state index is 12.5. The van der Waals surface area contributed by atoms with Gasteiger partial charge in [0.05, 0.1) is 17.8 Å². The minimum absolute atomic E-state index is 0.0403. The summed E-state index contributed by atoms with van der Waals surface area (Å²) in [6, 6.07) is 5.99. The van der Waals surface area contributed by atoms with Crippen molar-refractivity contribution in [3.63, 3.8) is 0 Å². The summed E-state index contributed by atoms with van der Waals surface area (Å²) in [5.41, 5.74) is 0.115. The Morgan fingerprint density at radius 1 is 1.22 bits per heavy atom. The number of morpholine rings is 1. The van der Waals surface area contributed by atoms with E-state index in [1.54, 1.807) is 17.0 Å². The molecule has 124 valence electrons. The Balaban J connectivity index is 1.81. The Morgan fingerprint density at radius 3 is 2.43 bits per heavy atom. The lowest BCUT2D eigenvalue weighted by molar-refractivity contribution is -0.143. The first-order chi connectivity index (χ1) is 10.8. The van der Waals surface area contributed by atoms with Crippen LogP contribution in [0.25, 0.3) is 0 Å². The molecule has 0 saturated carbocycles. The van der Waals surface area contributed by atoms with E-state index < -0.39 is 28.4 Å². The second-order valence-electron chi connectivity index (χ2n) is 5.87. The van der Waals surface area contributed by atoms with Crippen LogP contribution in [0.3, 0.4) is 0 Å². The van der Waals surface area contributed by atoms with Gasteiger partial charge in [-0.15, -0.1) is 0 Å². The second kappa shape index (κ2) is 5.61. The topological polar surface area (TPSA) is 84.0 Å². The van der Waals surface area contributed by atoms with Crippen LogP contribution < -0.4 is 0 Å². The fourth-order valence-electron chi connectivity index (χ4n) is 2.99. The Hall–Kier alpha value is -1.93. The first-order valence-electron chi connectivity index (χ1n) is 7.40. The molecular formula is C15H18N2O5S. The van der Waals surface area contributed by atoms with Gasteiger partial charge in [0, 0.05) is 13.1 Å². The fourth-order valence-corrected chi connectivity index (χ4v) is 4.51. The van der Waals surface area contributed by atoms with Gasteiger partial charge in [-0.1, -0.05) is 12.1 Å². The Morgan fingerprint density at radius 2 is 1.83 bits per heavy atom. The van der Waals surface area contributed by atoms with Gasteiger partial charge in [-0.3, -0.25) is 9.59 Å². The Bertz CT molecular complexity index is 751. The van der Waals surface area contributed by atoms with Gasteiger partial charge >= 0.3 is 0 Å². The van der Waals surface area contributed by atoms with Crippen molar-refractivity contribution in [2.24, 2.45) is 0 Å². The SMILES string of the molecule is C[C@@H]1CN(C(=O)CN2C(=O)c3ccccc3S2(=O)=O)C[C@H](C)O1. The third kappa shape index (κ3) is 2.72. The first-order valence-corrected chi connectivity index (χ1v) is 8.84. The summed E-state index contributed by atoms with van der Waals surface area (Å²) in [4.78, 5) is 26.3. The number of hydrogen-bond donors (Lipinski definition) is 0. The average Bonchev–Trinajstić information content (AvgIpc) is 2.68. The number of amides is 2. The Labute approximate surface area is 134 Å². The molecule has 0 N–H and O–H groups in total. The molecule has 2 heterocycles. The molecule has 7 nitrogen and oxygen atoms in total. The number of ether oxygens (including phenoxy) is 1. The molecule has 2 amide bonds. The van der Waals surface area contributed by atoms with Crippen molar-refractivity contribution in [2.75, 3.05) is 19.6 Å². The normalized spacial score (nSPS) is 26.3. The summed E-state index contributed by atoms with van der Waals surface area (Å²) >= 11 is 0. The van der Waals surface area contributed by atoms with Gasteiger partial charge in [0.15, 0.2) is 0 Å². The molecule has 2 aliphatic rings. The lowest BCUT2D eigenvalue weighted by Crippen LogP contribution is -2.51. The largest absolute Gasteiger partial charge is 0.372 e. The van der Waals surface area contributed by atoms with Crippen LogP contribution in [0.5, 0.6) is 0 Å². The standard InChI is InChI=1S/C15H18N2O5S/c1-10-7-16(8-11(2)22-10)14(18)9-17-15(19)12-5-3-4-6-13(12)23(17,20)21/h3-6,10-11H,7-9H2,1-2H3/t10-,11+. The summed E-state index contributed by atoms with van der Waals surface area (Å²) < 4.78 is 31.1. The van der Waals surface area contributed by atoms with Gasteiger partial charge in [0.2, 0.25) is 5.91 Å². The highest BCUT2D eigenvalue weighted by Gasteiger charge is 2.42. The van der Waals surface area contributed by atoms with Crippen LogP contribution in [-0.2, 0) is 19.6 Å². The zero-order valence-electron chi connectivity index (χ0n) is 12.9. The number of fused-ring (bicyclic) bond motifs is 1. The fraction of sp³-hybridized carbons (Fsp3) is 0.467. The smallest absolute Gasteiger partial charge is 0.269 e. The van der Waals surface area contributed by atoms with Gasteiger partial charge in [0.25, 0.3) is 15.9 Å². The maximum Gasteiger partial charge on any atom is 0.269 e. The molecule has 2 aliphatic heterocycles. The molecule has 0 bridgehead atoms. The molecule has 1 saturated heterocycles. The molecule has 23 heavy (non-hydrogen) atoms. The van der Waals surface area contributed by atoms with Crippen LogP contribution in [0.4, 0.5) is 0 Å². The number of carbonyl (C=O) groups is 2. The van der Waals surface area contributed by atoms with Crippen molar-refractivity contribution >= 4 is 21.8 Å². The van der Waals surface area contributed by atoms with Crippen LogP contribution in [-0.4, -0.2) is 61.3 Å². The molecule has 3 rings (SSSR count). The van der Waals surface area contributed by atoms with Gasteiger partial charge in [0.1, 0.15) is 11.4 Å². The molecule has 1 aromatic carbocycles. The van der Waals surface area contributed by atoms with Crippen molar-refractivity contribution in [1.82, 2.24) is 9.21 Å². The van der Waals surface area contributed by atoms with Gasteiger partial charge in [-0.25, -0.2) is 12.7 Å². The summed E-state index contributed by atoms with van der Waals surface area (Å²) in [5, 5.41) is 0. The predicted octanol–water partition coefficient (Wildman–Crippen LogP) is 0.467. The first kappa shape index (κ1) is 15.9. The van der Waals surface area contributed by atoms with Crippen LogP contribution in [0.1, 0.15) is 24.2 Å². The van der Waals surface area contributed by atoms with Crippen molar-refractivity contribution < 1.29 is 22.7 Å². The van der Waals surface area contributed by atoms with E-state index in [-0.39, 0.29) is 22.7 Å². The van der Waals surface area contributed by atoms with Crippen LogP contribution in [0.15, 0.2) is 29.2 Å². The zero-order valence-corrected chi connectivity index (χ0v) is 13.7. The minimum atomic E-state index is -3.95. The lowest BCUT2D eigenvalue weighted by atomic mass is 10.2. The molecule has 8 heteroatoms. The highest BCUT2D eigenvalue weighted by molar-refractivity contribution is 7.90. The van der Waals surface area contributed by atoms with Crippen LogP contribution in [0, 0.1) is 0 Å². The molecule has 0 aliphatic carbocycles.